The van der Waals surface area contributed by atoms with E-state index in [1.54, 1.807) is 0 Å². The van der Waals surface area contributed by atoms with Gasteiger partial charge in [-0.05, 0) is 30.2 Å². The highest BCUT2D eigenvalue weighted by molar-refractivity contribution is 5.20. The fourth-order valence-corrected chi connectivity index (χ4v) is 2.42. The van der Waals surface area contributed by atoms with E-state index >= 15 is 0 Å². The Kier molecular flexibility index (Phi) is 7.14. The second kappa shape index (κ2) is 8.61. The number of rotatable bonds is 9. The molecule has 1 aromatic carbocycles. The van der Waals surface area contributed by atoms with Crippen molar-refractivity contribution in [2.75, 3.05) is 6.61 Å². The number of benzene rings is 1. The van der Waals surface area contributed by atoms with Crippen LogP contribution in [-0.2, 0) is 0 Å². The maximum Gasteiger partial charge on any atom is 0.101 e. The molecule has 1 rings (SSSR count). The lowest BCUT2D eigenvalue weighted by Gasteiger charge is -2.33. The first-order valence-corrected chi connectivity index (χ1v) is 7.47. The number of allylic oxidation sites excluding steroid dienone is 1. The van der Waals surface area contributed by atoms with Crippen molar-refractivity contribution in [3.05, 3.63) is 48.6 Å². The molecule has 0 aliphatic rings. The lowest BCUT2D eigenvalue weighted by atomic mass is 9.79. The van der Waals surface area contributed by atoms with Crippen LogP contribution in [0, 0.1) is 16.7 Å². The molecule has 0 fully saturated rings. The maximum absolute atomic E-state index is 9.62. The zero-order valence-corrected chi connectivity index (χ0v) is 13.0. The number of aliphatic hydroxyl groups is 1. The van der Waals surface area contributed by atoms with Gasteiger partial charge in [0.15, 0.2) is 0 Å². The van der Waals surface area contributed by atoms with E-state index in [1.807, 2.05) is 36.4 Å². The minimum atomic E-state index is -0.306. The summed E-state index contributed by atoms with van der Waals surface area (Å²) >= 11 is 0. The minimum absolute atomic E-state index is 0.0229. The van der Waals surface area contributed by atoms with Gasteiger partial charge in [-0.3, -0.25) is 5.32 Å². The van der Waals surface area contributed by atoms with E-state index in [-0.39, 0.29) is 24.1 Å². The van der Waals surface area contributed by atoms with Gasteiger partial charge in [0, 0.05) is 0 Å². The number of unbranched alkanes of at least 4 members (excludes halogenated alkanes) is 1. The molecule has 0 spiro atoms. The molecule has 3 nitrogen and oxygen atoms in total. The van der Waals surface area contributed by atoms with E-state index in [2.05, 4.69) is 31.8 Å². The lowest BCUT2D eigenvalue weighted by Crippen LogP contribution is -2.43. The van der Waals surface area contributed by atoms with Gasteiger partial charge in [-0.1, -0.05) is 50.3 Å². The van der Waals surface area contributed by atoms with E-state index in [0.717, 1.165) is 24.8 Å². The Morgan fingerprint density at radius 1 is 1.38 bits per heavy atom. The highest BCUT2D eigenvalue weighted by Gasteiger charge is 2.30. The Morgan fingerprint density at radius 2 is 2.05 bits per heavy atom. The van der Waals surface area contributed by atoms with Crippen molar-refractivity contribution in [1.29, 1.82) is 5.26 Å². The average Bonchev–Trinajstić information content (AvgIpc) is 2.49. The normalized spacial score (nSPS) is 14.2. The summed E-state index contributed by atoms with van der Waals surface area (Å²) in [4.78, 5) is 0. The van der Waals surface area contributed by atoms with Crippen LogP contribution in [0.25, 0.3) is 0 Å². The van der Waals surface area contributed by atoms with Gasteiger partial charge < -0.3 is 5.11 Å². The molecule has 114 valence electrons. The van der Waals surface area contributed by atoms with Crippen molar-refractivity contribution < 1.29 is 5.11 Å². The Hall–Kier alpha value is -1.63. The Bertz CT molecular complexity index is 462. The molecule has 0 bridgehead atoms. The number of nitriles is 1. The molecule has 0 aromatic heterocycles. The van der Waals surface area contributed by atoms with Crippen molar-refractivity contribution in [2.24, 2.45) is 5.41 Å². The van der Waals surface area contributed by atoms with Crippen LogP contribution in [0.4, 0.5) is 0 Å². The minimum Gasteiger partial charge on any atom is -0.394 e. The summed E-state index contributed by atoms with van der Waals surface area (Å²) in [6, 6.07) is 11.6. The van der Waals surface area contributed by atoms with Crippen LogP contribution in [0.1, 0.15) is 44.7 Å². The fraction of sp³-hybridized carbons (Fsp3) is 0.500. The number of nitrogens with zero attached hydrogens (tertiary/aromatic N) is 1. The number of hydrogen-bond donors (Lipinski definition) is 2. The van der Waals surface area contributed by atoms with Gasteiger partial charge in [0.05, 0.1) is 18.7 Å². The lowest BCUT2D eigenvalue weighted by molar-refractivity contribution is 0.194. The van der Waals surface area contributed by atoms with Gasteiger partial charge >= 0.3 is 0 Å². The molecule has 21 heavy (non-hydrogen) atoms. The molecule has 0 saturated carbocycles. The predicted molar refractivity (Wildman–Crippen MR) is 86.6 cm³/mol. The molecule has 2 unspecified atom stereocenters. The number of hydrogen-bond acceptors (Lipinski definition) is 3. The van der Waals surface area contributed by atoms with Crippen molar-refractivity contribution in [3.63, 3.8) is 0 Å². The largest absolute Gasteiger partial charge is 0.394 e. The standard InChI is InChI=1S/C18H26N2O/c1-4-5-9-12-18(2,3)17(13-19)20-16(14-21)15-10-7-6-8-11-15/h4,6-8,10-11,16-17,20-21H,1,5,9,12,14H2,2-3H3. The van der Waals surface area contributed by atoms with E-state index in [4.69, 9.17) is 0 Å². The zero-order chi connectivity index (χ0) is 15.7. The molecule has 0 aliphatic heterocycles. The van der Waals surface area contributed by atoms with Gasteiger partial charge in [-0.15, -0.1) is 6.58 Å². The van der Waals surface area contributed by atoms with E-state index in [9.17, 15) is 10.4 Å². The first-order valence-electron chi connectivity index (χ1n) is 7.47. The second-order valence-electron chi connectivity index (χ2n) is 6.04. The molecule has 0 saturated heterocycles. The van der Waals surface area contributed by atoms with E-state index in [0.29, 0.717) is 0 Å². The van der Waals surface area contributed by atoms with Crippen LogP contribution in [0.15, 0.2) is 43.0 Å². The van der Waals surface area contributed by atoms with Crippen LogP contribution in [0.5, 0.6) is 0 Å². The highest BCUT2D eigenvalue weighted by Crippen LogP contribution is 2.29. The molecule has 0 amide bonds. The summed E-state index contributed by atoms with van der Waals surface area (Å²) in [5.41, 5.74) is 0.849. The smallest absolute Gasteiger partial charge is 0.101 e. The zero-order valence-electron chi connectivity index (χ0n) is 13.0. The van der Waals surface area contributed by atoms with Crippen LogP contribution in [0.3, 0.4) is 0 Å². The predicted octanol–water partition coefficient (Wildman–Crippen LogP) is 3.58. The van der Waals surface area contributed by atoms with E-state index in [1.165, 1.54) is 0 Å². The SMILES string of the molecule is C=CCCCC(C)(C)C(C#N)NC(CO)c1ccccc1. The quantitative estimate of drug-likeness (QED) is 0.539. The summed E-state index contributed by atoms with van der Waals surface area (Å²) in [6.07, 6.45) is 4.83. The van der Waals surface area contributed by atoms with Crippen LogP contribution in [0.2, 0.25) is 0 Å². The number of aliphatic hydroxyl groups excluding tert-OH is 1. The van der Waals surface area contributed by atoms with Gasteiger partial charge in [0.2, 0.25) is 0 Å². The summed E-state index contributed by atoms with van der Waals surface area (Å²) < 4.78 is 0. The van der Waals surface area contributed by atoms with Crippen molar-refractivity contribution in [1.82, 2.24) is 5.32 Å². The molecular formula is C18H26N2O. The van der Waals surface area contributed by atoms with Crippen molar-refractivity contribution >= 4 is 0 Å². The van der Waals surface area contributed by atoms with Crippen molar-refractivity contribution in [2.45, 2.75) is 45.2 Å². The molecule has 3 heteroatoms. The van der Waals surface area contributed by atoms with Gasteiger partial charge in [0.25, 0.3) is 0 Å². The maximum atomic E-state index is 9.62. The molecule has 1 aromatic rings. The van der Waals surface area contributed by atoms with Gasteiger partial charge in [0.1, 0.15) is 6.04 Å². The molecule has 0 heterocycles. The van der Waals surface area contributed by atoms with Crippen LogP contribution in [-0.4, -0.2) is 17.8 Å². The monoisotopic (exact) mass is 286 g/mol. The van der Waals surface area contributed by atoms with Gasteiger partial charge in [-0.25, -0.2) is 0 Å². The van der Waals surface area contributed by atoms with Gasteiger partial charge in [-0.2, -0.15) is 5.26 Å². The summed E-state index contributed by atoms with van der Waals surface area (Å²) in [5, 5.41) is 22.4. The summed E-state index contributed by atoms with van der Waals surface area (Å²) in [5.74, 6) is 0. The van der Waals surface area contributed by atoms with Crippen LogP contribution < -0.4 is 5.32 Å². The molecule has 2 N–H and O–H groups in total. The van der Waals surface area contributed by atoms with Crippen molar-refractivity contribution in [3.8, 4) is 6.07 Å². The Balaban J connectivity index is 2.75. The fourth-order valence-electron chi connectivity index (χ4n) is 2.42. The summed E-state index contributed by atoms with van der Waals surface area (Å²) in [6.45, 7) is 7.90. The first-order chi connectivity index (χ1) is 10.0. The third-order valence-corrected chi connectivity index (χ3v) is 3.89. The summed E-state index contributed by atoms with van der Waals surface area (Å²) in [7, 11) is 0. The first kappa shape index (κ1) is 17.4. The third-order valence-electron chi connectivity index (χ3n) is 3.89. The number of nitrogens with one attached hydrogen (secondary N) is 1. The topological polar surface area (TPSA) is 56.0 Å². The molecule has 0 radical (unpaired) electrons. The molecule has 0 aliphatic carbocycles. The van der Waals surface area contributed by atoms with E-state index < -0.39 is 0 Å². The molecular weight excluding hydrogens is 260 g/mol. The Labute approximate surface area is 128 Å². The van der Waals surface area contributed by atoms with Crippen LogP contribution >= 0.6 is 0 Å². The Morgan fingerprint density at radius 3 is 2.57 bits per heavy atom. The third kappa shape index (κ3) is 5.34. The molecule has 2 atom stereocenters. The average molecular weight is 286 g/mol. The second-order valence-corrected chi connectivity index (χ2v) is 6.04. The highest BCUT2D eigenvalue weighted by atomic mass is 16.3.